The molecule has 0 bridgehead atoms. The largest absolute Gasteiger partial charge is 0.348 e. The first kappa shape index (κ1) is 15.3. The van der Waals surface area contributed by atoms with Crippen molar-refractivity contribution in [2.75, 3.05) is 7.05 Å². The van der Waals surface area contributed by atoms with Crippen LogP contribution in [0.1, 0.15) is 38.2 Å². The van der Waals surface area contributed by atoms with Crippen molar-refractivity contribution in [3.63, 3.8) is 0 Å². The number of nitrogens with one attached hydrogen (secondary N) is 2. The summed E-state index contributed by atoms with van der Waals surface area (Å²) in [6.07, 6.45) is 4.75. The van der Waals surface area contributed by atoms with Crippen molar-refractivity contribution in [3.05, 3.63) is 34.9 Å². The van der Waals surface area contributed by atoms with Gasteiger partial charge < -0.3 is 10.2 Å². The second-order valence-electron chi connectivity index (χ2n) is 5.86. The van der Waals surface area contributed by atoms with Gasteiger partial charge in [-0.2, -0.15) is 0 Å². The molecule has 0 aliphatic heterocycles. The molecule has 20 heavy (non-hydrogen) atoms. The van der Waals surface area contributed by atoms with E-state index in [0.29, 0.717) is 6.04 Å². The minimum atomic E-state index is -0.0359. The number of hydrogen-bond acceptors (Lipinski definition) is 1. The summed E-state index contributed by atoms with van der Waals surface area (Å²) >= 11 is 5.89. The summed E-state index contributed by atoms with van der Waals surface area (Å²) in [4.78, 5) is 13.4. The number of carbonyl (C=O) groups is 1. The van der Waals surface area contributed by atoms with E-state index >= 15 is 0 Å². The molecule has 2 N–H and O–H groups in total. The fourth-order valence-corrected chi connectivity index (χ4v) is 2.82. The van der Waals surface area contributed by atoms with Crippen LogP contribution in [0.2, 0.25) is 5.02 Å². The summed E-state index contributed by atoms with van der Waals surface area (Å²) in [5, 5.41) is 3.92. The smallest absolute Gasteiger partial charge is 0.278 e. The molecule has 3 nitrogen and oxygen atoms in total. The zero-order valence-corrected chi connectivity index (χ0v) is 13.0. The topological polar surface area (TPSA) is 33.5 Å². The normalized spacial score (nSPS) is 18.8. The fourth-order valence-electron chi connectivity index (χ4n) is 2.70. The van der Waals surface area contributed by atoms with E-state index in [-0.39, 0.29) is 11.9 Å². The Bertz CT molecular complexity index is 440. The number of likely N-dealkylation sites (N-methyl/N-ethyl adjacent to an activating group) is 1. The van der Waals surface area contributed by atoms with E-state index in [2.05, 4.69) is 12.4 Å². The van der Waals surface area contributed by atoms with Gasteiger partial charge in [-0.1, -0.05) is 36.6 Å². The second kappa shape index (κ2) is 7.09. The number of amides is 1. The lowest BCUT2D eigenvalue weighted by Crippen LogP contribution is -3.12. The summed E-state index contributed by atoms with van der Waals surface area (Å²) in [5.41, 5.74) is 1.20. The van der Waals surface area contributed by atoms with Crippen LogP contribution in [0, 0.1) is 0 Å². The molecule has 2 rings (SSSR count). The van der Waals surface area contributed by atoms with E-state index in [1.54, 1.807) is 0 Å². The van der Waals surface area contributed by atoms with Gasteiger partial charge in [-0.15, -0.1) is 0 Å². The Morgan fingerprint density at radius 2 is 1.95 bits per heavy atom. The lowest BCUT2D eigenvalue weighted by atomic mass is 10.1. The molecule has 1 amide bonds. The van der Waals surface area contributed by atoms with Crippen molar-refractivity contribution >= 4 is 17.5 Å². The summed E-state index contributed by atoms with van der Waals surface area (Å²) in [6, 6.07) is 8.20. The molecule has 0 radical (unpaired) electrons. The molecular weight excluding hydrogens is 272 g/mol. The lowest BCUT2D eigenvalue weighted by Gasteiger charge is -2.23. The number of hydrogen-bond donors (Lipinski definition) is 2. The first-order valence-corrected chi connectivity index (χ1v) is 7.81. The van der Waals surface area contributed by atoms with Crippen molar-refractivity contribution in [3.8, 4) is 0 Å². The molecule has 1 aromatic carbocycles. The maximum Gasteiger partial charge on any atom is 0.278 e. The molecule has 2 atom stereocenters. The molecule has 1 aliphatic carbocycles. The lowest BCUT2D eigenvalue weighted by molar-refractivity contribution is -0.908. The Kier molecular flexibility index (Phi) is 5.44. The van der Waals surface area contributed by atoms with E-state index in [0.717, 1.165) is 24.4 Å². The minimum Gasteiger partial charge on any atom is -0.348 e. The predicted octanol–water partition coefficient (Wildman–Crippen LogP) is 1.80. The van der Waals surface area contributed by atoms with Crippen LogP contribution in [-0.2, 0) is 11.3 Å². The van der Waals surface area contributed by atoms with Crippen LogP contribution in [0.25, 0.3) is 0 Å². The van der Waals surface area contributed by atoms with E-state index in [4.69, 9.17) is 11.6 Å². The molecule has 1 aromatic rings. The van der Waals surface area contributed by atoms with Crippen LogP contribution in [0.15, 0.2) is 24.3 Å². The molecule has 1 unspecified atom stereocenters. The zero-order chi connectivity index (χ0) is 14.5. The molecule has 110 valence electrons. The maximum absolute atomic E-state index is 12.2. The van der Waals surface area contributed by atoms with Gasteiger partial charge in [-0.05, 0) is 31.9 Å². The van der Waals surface area contributed by atoms with Gasteiger partial charge in [0.1, 0.15) is 6.54 Å². The van der Waals surface area contributed by atoms with Crippen LogP contribution < -0.4 is 10.2 Å². The van der Waals surface area contributed by atoms with Gasteiger partial charge in [0.25, 0.3) is 5.91 Å². The fraction of sp³-hybridized carbons (Fsp3) is 0.562. The molecule has 0 spiro atoms. The van der Waals surface area contributed by atoms with Crippen LogP contribution in [0.3, 0.4) is 0 Å². The Labute approximate surface area is 126 Å². The third-order valence-electron chi connectivity index (χ3n) is 4.23. The van der Waals surface area contributed by atoms with Gasteiger partial charge in [-0.3, -0.25) is 4.79 Å². The van der Waals surface area contributed by atoms with E-state index in [1.807, 2.05) is 31.2 Å². The average Bonchev–Trinajstić information content (AvgIpc) is 2.93. The van der Waals surface area contributed by atoms with Gasteiger partial charge in [0.05, 0.1) is 7.05 Å². The van der Waals surface area contributed by atoms with E-state index < -0.39 is 0 Å². The molecule has 4 heteroatoms. The van der Waals surface area contributed by atoms with Gasteiger partial charge in [0, 0.05) is 16.6 Å². The van der Waals surface area contributed by atoms with Crippen molar-refractivity contribution in [2.45, 2.75) is 51.2 Å². The highest BCUT2D eigenvalue weighted by Gasteiger charge is 2.25. The van der Waals surface area contributed by atoms with Crippen LogP contribution >= 0.6 is 11.6 Å². The SMILES string of the molecule is C[C@H](C(=O)NC1CCCC1)[NH+](C)Cc1ccc(Cl)cc1. The number of benzene rings is 1. The molecule has 1 aliphatic rings. The van der Waals surface area contributed by atoms with E-state index in [9.17, 15) is 4.79 Å². The Morgan fingerprint density at radius 3 is 2.55 bits per heavy atom. The quantitative estimate of drug-likeness (QED) is 0.853. The molecule has 0 heterocycles. The van der Waals surface area contributed by atoms with Gasteiger partial charge in [0.15, 0.2) is 6.04 Å². The van der Waals surface area contributed by atoms with Crippen molar-refractivity contribution < 1.29 is 9.69 Å². The monoisotopic (exact) mass is 295 g/mol. The van der Waals surface area contributed by atoms with Crippen molar-refractivity contribution in [1.82, 2.24) is 5.32 Å². The highest BCUT2D eigenvalue weighted by atomic mass is 35.5. The van der Waals surface area contributed by atoms with Gasteiger partial charge in [-0.25, -0.2) is 0 Å². The molecule has 1 saturated carbocycles. The van der Waals surface area contributed by atoms with Crippen LogP contribution in [-0.4, -0.2) is 25.0 Å². The van der Waals surface area contributed by atoms with Gasteiger partial charge >= 0.3 is 0 Å². The molecule has 0 aromatic heterocycles. The summed E-state index contributed by atoms with van der Waals surface area (Å²) in [7, 11) is 2.06. The predicted molar refractivity (Wildman–Crippen MR) is 81.9 cm³/mol. The average molecular weight is 296 g/mol. The van der Waals surface area contributed by atoms with Gasteiger partial charge in [0.2, 0.25) is 0 Å². The Balaban J connectivity index is 1.85. The second-order valence-corrected chi connectivity index (χ2v) is 6.30. The Hall–Kier alpha value is -1.06. The van der Waals surface area contributed by atoms with Crippen molar-refractivity contribution in [2.24, 2.45) is 0 Å². The number of carbonyl (C=O) groups excluding carboxylic acids is 1. The first-order valence-electron chi connectivity index (χ1n) is 7.43. The number of quaternary nitrogens is 1. The van der Waals surface area contributed by atoms with Crippen molar-refractivity contribution in [1.29, 1.82) is 0 Å². The summed E-state index contributed by atoms with van der Waals surface area (Å²) < 4.78 is 0. The standard InChI is InChI=1S/C16H23ClN2O/c1-12(16(20)18-15-5-3-4-6-15)19(2)11-13-7-9-14(17)10-8-13/h7-10,12,15H,3-6,11H2,1-2H3,(H,18,20)/p+1/t12-/m1/s1. The molecule has 0 saturated heterocycles. The minimum absolute atomic E-state index is 0.0359. The molecule has 1 fully saturated rings. The third-order valence-corrected chi connectivity index (χ3v) is 4.48. The first-order chi connectivity index (χ1) is 9.56. The number of halogens is 1. The van der Waals surface area contributed by atoms with E-state index in [1.165, 1.54) is 23.3 Å². The maximum atomic E-state index is 12.2. The number of rotatable bonds is 5. The Morgan fingerprint density at radius 1 is 1.35 bits per heavy atom. The molecular formula is C16H24ClN2O+. The third kappa shape index (κ3) is 4.22. The highest BCUT2D eigenvalue weighted by Crippen LogP contribution is 2.17. The highest BCUT2D eigenvalue weighted by molar-refractivity contribution is 6.30. The van der Waals surface area contributed by atoms with Crippen LogP contribution in [0.4, 0.5) is 0 Å². The van der Waals surface area contributed by atoms with Crippen LogP contribution in [0.5, 0.6) is 0 Å². The summed E-state index contributed by atoms with van der Waals surface area (Å²) in [5.74, 6) is 0.170. The summed E-state index contributed by atoms with van der Waals surface area (Å²) in [6.45, 7) is 2.83. The zero-order valence-electron chi connectivity index (χ0n) is 12.3.